The summed E-state index contributed by atoms with van der Waals surface area (Å²) in [5, 5.41) is 1.75. The normalized spacial score (nSPS) is 17.2. The van der Waals surface area contributed by atoms with Gasteiger partial charge in [-0.3, -0.25) is 4.79 Å². The third kappa shape index (κ3) is 4.34. The van der Waals surface area contributed by atoms with E-state index in [1.807, 2.05) is 42.2 Å². The van der Waals surface area contributed by atoms with Crippen molar-refractivity contribution >= 4 is 27.3 Å². The zero-order chi connectivity index (χ0) is 18.6. The Kier molecular flexibility index (Phi) is 6.11. The number of nitrogens with zero attached hydrogens (tertiary/aromatic N) is 1. The molecule has 1 aliphatic heterocycles. The third-order valence-electron chi connectivity index (χ3n) is 4.80. The van der Waals surface area contributed by atoms with Gasteiger partial charge in [-0.1, -0.05) is 43.3 Å². The Labute approximate surface area is 159 Å². The number of carbonyl (C=O) groups excluding carboxylic acids is 1. The fourth-order valence-corrected chi connectivity index (χ4v) is 5.68. The van der Waals surface area contributed by atoms with Crippen molar-refractivity contribution in [3.8, 4) is 0 Å². The number of likely N-dealkylation sites (tertiary alicyclic amines) is 1. The van der Waals surface area contributed by atoms with Crippen molar-refractivity contribution in [1.29, 1.82) is 0 Å². The molecule has 1 N–H and O–H groups in total. The predicted octanol–water partition coefficient (Wildman–Crippen LogP) is 3.21. The first-order chi connectivity index (χ1) is 12.5. The standard InChI is InChI=1S/C19H24N2O3S2/c1-2-17(15-7-4-3-5-8-15)19(22)21-12-10-16(11-13-21)20-26(23,24)18-9-6-14-25-18/h3-9,14,16-17,20H,2,10-13H2,1H3. The highest BCUT2D eigenvalue weighted by atomic mass is 32.2. The van der Waals surface area contributed by atoms with E-state index in [1.54, 1.807) is 17.5 Å². The Balaban J connectivity index is 1.59. The molecule has 0 radical (unpaired) electrons. The summed E-state index contributed by atoms with van der Waals surface area (Å²) in [6.07, 6.45) is 2.04. The molecule has 1 aromatic heterocycles. The van der Waals surface area contributed by atoms with E-state index < -0.39 is 10.0 Å². The van der Waals surface area contributed by atoms with E-state index in [4.69, 9.17) is 0 Å². The van der Waals surface area contributed by atoms with E-state index in [0.717, 1.165) is 12.0 Å². The highest BCUT2D eigenvalue weighted by Gasteiger charge is 2.30. The average Bonchev–Trinajstić information content (AvgIpc) is 3.19. The van der Waals surface area contributed by atoms with Crippen molar-refractivity contribution in [2.75, 3.05) is 13.1 Å². The van der Waals surface area contributed by atoms with Gasteiger partial charge >= 0.3 is 0 Å². The fourth-order valence-electron chi connectivity index (χ4n) is 3.37. The number of hydrogen-bond acceptors (Lipinski definition) is 4. The molecular weight excluding hydrogens is 368 g/mol. The fraction of sp³-hybridized carbons (Fsp3) is 0.421. The van der Waals surface area contributed by atoms with Crippen molar-refractivity contribution in [3.63, 3.8) is 0 Å². The summed E-state index contributed by atoms with van der Waals surface area (Å²) in [5.41, 5.74) is 1.04. The summed E-state index contributed by atoms with van der Waals surface area (Å²) in [6.45, 7) is 3.19. The van der Waals surface area contributed by atoms with Crippen LogP contribution in [0.4, 0.5) is 0 Å². The average molecular weight is 393 g/mol. The topological polar surface area (TPSA) is 66.5 Å². The molecule has 1 saturated heterocycles. The molecule has 7 heteroatoms. The second-order valence-electron chi connectivity index (χ2n) is 6.52. The van der Waals surface area contributed by atoms with Crippen molar-refractivity contribution < 1.29 is 13.2 Å². The molecule has 5 nitrogen and oxygen atoms in total. The number of benzene rings is 1. The summed E-state index contributed by atoms with van der Waals surface area (Å²) in [6, 6.07) is 13.1. The third-order valence-corrected chi connectivity index (χ3v) is 7.71. The van der Waals surface area contributed by atoms with E-state index in [1.165, 1.54) is 11.3 Å². The van der Waals surface area contributed by atoms with Crippen LogP contribution in [0.15, 0.2) is 52.1 Å². The number of thiophene rings is 1. The molecule has 3 rings (SSSR count). The van der Waals surface area contributed by atoms with Crippen LogP contribution in [0.2, 0.25) is 0 Å². The van der Waals surface area contributed by atoms with Gasteiger partial charge in [0.1, 0.15) is 4.21 Å². The van der Waals surface area contributed by atoms with Crippen LogP contribution in [0.25, 0.3) is 0 Å². The summed E-state index contributed by atoms with van der Waals surface area (Å²) < 4.78 is 27.8. The molecule has 0 saturated carbocycles. The van der Waals surface area contributed by atoms with E-state index in [-0.39, 0.29) is 17.9 Å². The van der Waals surface area contributed by atoms with Crippen LogP contribution in [-0.2, 0) is 14.8 Å². The number of rotatable bonds is 6. The van der Waals surface area contributed by atoms with Gasteiger partial charge in [0.25, 0.3) is 0 Å². The lowest BCUT2D eigenvalue weighted by Crippen LogP contribution is -2.47. The van der Waals surface area contributed by atoms with E-state index in [0.29, 0.717) is 30.1 Å². The van der Waals surface area contributed by atoms with Gasteiger partial charge < -0.3 is 4.90 Å². The van der Waals surface area contributed by atoms with Gasteiger partial charge in [0.2, 0.25) is 15.9 Å². The lowest BCUT2D eigenvalue weighted by atomic mass is 9.94. The first-order valence-corrected chi connectivity index (χ1v) is 11.3. The molecule has 0 spiro atoms. The van der Waals surface area contributed by atoms with Crippen LogP contribution < -0.4 is 4.72 Å². The highest BCUT2D eigenvalue weighted by Crippen LogP contribution is 2.25. The number of hydrogen-bond donors (Lipinski definition) is 1. The van der Waals surface area contributed by atoms with Crippen molar-refractivity contribution in [2.45, 2.75) is 42.4 Å². The van der Waals surface area contributed by atoms with Gasteiger partial charge in [0, 0.05) is 19.1 Å². The maximum Gasteiger partial charge on any atom is 0.250 e. The maximum atomic E-state index is 12.9. The predicted molar refractivity (Wildman–Crippen MR) is 104 cm³/mol. The molecule has 26 heavy (non-hydrogen) atoms. The quantitative estimate of drug-likeness (QED) is 0.821. The number of sulfonamides is 1. The van der Waals surface area contributed by atoms with Gasteiger partial charge in [-0.15, -0.1) is 11.3 Å². The summed E-state index contributed by atoms with van der Waals surface area (Å²) >= 11 is 1.21. The summed E-state index contributed by atoms with van der Waals surface area (Å²) in [7, 11) is -3.45. The molecule has 0 aliphatic carbocycles. The van der Waals surface area contributed by atoms with Crippen LogP contribution in [0.3, 0.4) is 0 Å². The van der Waals surface area contributed by atoms with Crippen LogP contribution in [-0.4, -0.2) is 38.4 Å². The van der Waals surface area contributed by atoms with Crippen molar-refractivity contribution in [1.82, 2.24) is 9.62 Å². The minimum absolute atomic E-state index is 0.122. The smallest absolute Gasteiger partial charge is 0.250 e. The van der Waals surface area contributed by atoms with Gasteiger partial charge in [-0.05, 0) is 36.3 Å². The zero-order valence-corrected chi connectivity index (χ0v) is 16.4. The van der Waals surface area contributed by atoms with Gasteiger partial charge in [0.05, 0.1) is 5.92 Å². The molecule has 1 aliphatic rings. The lowest BCUT2D eigenvalue weighted by molar-refractivity contribution is -0.134. The molecule has 140 valence electrons. The Morgan fingerprint density at radius 1 is 1.19 bits per heavy atom. The van der Waals surface area contributed by atoms with Gasteiger partial charge in [-0.25, -0.2) is 13.1 Å². The molecular formula is C19H24N2O3S2. The zero-order valence-electron chi connectivity index (χ0n) is 14.8. The van der Waals surface area contributed by atoms with Gasteiger partial charge in [0.15, 0.2) is 0 Å². The number of carbonyl (C=O) groups is 1. The number of amides is 1. The molecule has 2 aromatic rings. The second-order valence-corrected chi connectivity index (χ2v) is 9.41. The van der Waals surface area contributed by atoms with E-state index in [2.05, 4.69) is 4.72 Å². The molecule has 1 aromatic carbocycles. The Morgan fingerprint density at radius 2 is 1.88 bits per heavy atom. The van der Waals surface area contributed by atoms with Crippen LogP contribution >= 0.6 is 11.3 Å². The highest BCUT2D eigenvalue weighted by molar-refractivity contribution is 7.91. The van der Waals surface area contributed by atoms with Gasteiger partial charge in [-0.2, -0.15) is 0 Å². The Morgan fingerprint density at radius 3 is 2.46 bits per heavy atom. The number of piperidine rings is 1. The lowest BCUT2D eigenvalue weighted by Gasteiger charge is -2.34. The second kappa shape index (κ2) is 8.33. The first-order valence-electron chi connectivity index (χ1n) is 8.91. The largest absolute Gasteiger partial charge is 0.342 e. The van der Waals surface area contributed by atoms with Crippen LogP contribution in [0.5, 0.6) is 0 Å². The van der Waals surface area contributed by atoms with Crippen molar-refractivity contribution in [2.24, 2.45) is 0 Å². The summed E-state index contributed by atoms with van der Waals surface area (Å²) in [4.78, 5) is 14.8. The SMILES string of the molecule is CCC(C(=O)N1CCC(NS(=O)(=O)c2cccs2)CC1)c1ccccc1. The molecule has 0 bridgehead atoms. The molecule has 1 atom stereocenters. The van der Waals surface area contributed by atoms with E-state index in [9.17, 15) is 13.2 Å². The van der Waals surface area contributed by atoms with E-state index >= 15 is 0 Å². The molecule has 1 fully saturated rings. The molecule has 2 heterocycles. The van der Waals surface area contributed by atoms with Crippen molar-refractivity contribution in [3.05, 3.63) is 53.4 Å². The Hall–Kier alpha value is -1.70. The molecule has 1 amide bonds. The Bertz CT molecular complexity index is 812. The monoisotopic (exact) mass is 392 g/mol. The number of nitrogens with one attached hydrogen (secondary N) is 1. The summed E-state index contributed by atoms with van der Waals surface area (Å²) in [5.74, 6) is 0.00817. The van der Waals surface area contributed by atoms with Crippen LogP contribution in [0.1, 0.15) is 37.7 Å². The minimum atomic E-state index is -3.45. The molecule has 1 unspecified atom stereocenters. The first kappa shape index (κ1) is 19.1. The minimum Gasteiger partial charge on any atom is -0.342 e. The van der Waals surface area contributed by atoms with Crippen LogP contribution in [0, 0.1) is 0 Å². The maximum absolute atomic E-state index is 12.9.